The van der Waals surface area contributed by atoms with E-state index >= 15 is 0 Å². The molecular weight excluding hydrogens is 2340 g/mol. The third-order valence-electron chi connectivity index (χ3n) is 26.3. The molecule has 13 aromatic carbocycles. The van der Waals surface area contributed by atoms with Crippen LogP contribution in [0, 0.1) is 77.8 Å². The maximum absolute atomic E-state index is 12.8. The van der Waals surface area contributed by atoms with E-state index in [1.54, 1.807) is 54.6 Å². The van der Waals surface area contributed by atoms with Gasteiger partial charge in [-0.3, -0.25) is 0 Å². The summed E-state index contributed by atoms with van der Waals surface area (Å²) in [6, 6.07) is 141. The summed E-state index contributed by atoms with van der Waals surface area (Å²) in [6.07, 6.45) is 10.9. The second-order valence-electron chi connectivity index (χ2n) is 37.5. The van der Waals surface area contributed by atoms with Crippen molar-refractivity contribution < 1.29 is 77.0 Å². The molecule has 0 atom stereocenters. The summed E-state index contributed by atoms with van der Waals surface area (Å²) in [5, 5.41) is 15.7. The second-order valence-corrected chi connectivity index (χ2v) is 61.2. The fraction of sp³-hybridized carbons (Fsp3) is 0.122. The molecule has 3 aliphatic rings. The average Bonchev–Trinajstić information content (AvgIpc) is 1.53. The first-order valence-electron chi connectivity index (χ1n) is 49.1. The van der Waals surface area contributed by atoms with Gasteiger partial charge in [-0.15, -0.1) is 189 Å². The molecule has 9 heterocycles. The number of pyridine rings is 6. The van der Waals surface area contributed by atoms with Gasteiger partial charge in [0, 0.05) is 106 Å². The Morgan fingerprint density at radius 3 is 1.03 bits per heavy atom. The smallest absolute Gasteiger partial charge is 0.173 e. The molecule has 0 saturated carbocycles. The molecule has 0 saturated heterocycles. The van der Waals surface area contributed by atoms with E-state index in [0.29, 0.717) is 9.79 Å². The molecule has 703 valence electrons. The Bertz CT molecular complexity index is 7780. The summed E-state index contributed by atoms with van der Waals surface area (Å²) in [5.41, 5.74) is 23.5. The number of aromatic nitrogens is 6. The fourth-order valence-corrected chi connectivity index (χ4v) is 36.1. The van der Waals surface area contributed by atoms with E-state index in [-0.39, 0.29) is 71.4 Å². The van der Waals surface area contributed by atoms with Crippen LogP contribution in [0.5, 0.6) is 0 Å². The van der Waals surface area contributed by atoms with Crippen LogP contribution in [0.15, 0.2) is 405 Å². The monoisotopic (exact) mass is 2460 g/mol. The summed E-state index contributed by atoms with van der Waals surface area (Å²) in [7, 11) is -12.6. The molecule has 17 heteroatoms. The molecule has 6 aromatic heterocycles. The van der Waals surface area contributed by atoms with Crippen LogP contribution in [0.2, 0.25) is 58.9 Å². The number of sulfone groups is 1. The van der Waals surface area contributed by atoms with Crippen molar-refractivity contribution in [2.45, 2.75) is 110 Å². The maximum atomic E-state index is 12.8. The Labute approximate surface area is 882 Å². The minimum Gasteiger partial charge on any atom is -0.305 e. The van der Waals surface area contributed by atoms with Crippen molar-refractivity contribution in [3.8, 4) is 101 Å². The van der Waals surface area contributed by atoms with Gasteiger partial charge in [-0.25, -0.2) is 8.42 Å². The number of rotatable bonds is 13. The average molecular weight is 2460 g/mol. The van der Waals surface area contributed by atoms with Gasteiger partial charge in [0.05, 0.1) is 21.0 Å². The molecule has 0 amide bonds. The van der Waals surface area contributed by atoms with E-state index in [0.717, 1.165) is 78.7 Å². The summed E-state index contributed by atoms with van der Waals surface area (Å²) < 4.78 is 69.1. The van der Waals surface area contributed by atoms with Crippen LogP contribution in [0.4, 0.5) is 0 Å². The van der Waals surface area contributed by atoms with Gasteiger partial charge in [-0.05, 0) is 141 Å². The fourth-order valence-electron chi connectivity index (χ4n) is 19.0. The van der Waals surface area contributed by atoms with E-state index < -0.39 is 63.9 Å². The van der Waals surface area contributed by atoms with Crippen LogP contribution in [-0.4, -0.2) is 78.7 Å². The Balaban J connectivity index is 0.000000143. The predicted octanol–water partition coefficient (Wildman–Crippen LogP) is 22.3. The topological polar surface area (TPSA) is 111 Å². The molecule has 8 nitrogen and oxygen atoms in total. The number of aryl methyl sites for hydroxylation is 6. The third-order valence-corrected chi connectivity index (χ3v) is 46.0. The Kier molecular flexibility index (Phi) is 30.4. The van der Waals surface area contributed by atoms with Crippen molar-refractivity contribution >= 4 is 107 Å². The van der Waals surface area contributed by atoms with E-state index in [1.165, 1.54) is 114 Å². The number of benzene rings is 13. The molecule has 3 aliphatic heterocycles. The van der Waals surface area contributed by atoms with E-state index in [1.807, 2.05) is 110 Å². The van der Waals surface area contributed by atoms with Gasteiger partial charge in [0.2, 0.25) is 0 Å². The van der Waals surface area contributed by atoms with Crippen molar-refractivity contribution in [3.63, 3.8) is 0 Å². The molecule has 19 aromatic rings. The van der Waals surface area contributed by atoms with Gasteiger partial charge in [0.15, 0.2) is 9.84 Å². The molecule has 0 fully saturated rings. The van der Waals surface area contributed by atoms with Crippen LogP contribution in [0.25, 0.3) is 101 Å². The quantitative estimate of drug-likeness (QED) is 0.0829. The zero-order valence-electron chi connectivity index (χ0n) is 86.4. The summed E-state index contributed by atoms with van der Waals surface area (Å²) in [4.78, 5) is 27.9. The van der Waals surface area contributed by atoms with Crippen LogP contribution in [0.1, 0.15) is 41.6 Å². The SMILES string of the molecule is Cc1cc(-c2[c-]cc3c(c2)-c2ccccc2S3(=O)=O)ncc1[Si](C)(C)c1ccccc1.Cc1cc(-c2[c-]cc3c(c2)-c2ccccc2[Si]3(C)C)ncc1[Si](C)(C)c1ccccc1.Cc1cc(-c2[c-]cc3c(c2)-c2ccccc2[Si]3(c2ccccc2)c2ccccc2)ncc1[Si](C)(C)C.Cc1ccc(-c2[c-]cccc2)nc1.[2H]C([2H])([2H])c1ccc(-c2[c-]cccc2)nc1.[2H]C([2H])([2H])c1ccc(-c2[c-]cccc2)nc1.[Ir].[Ir].[Ir]. The Hall–Kier alpha value is -12.3. The van der Waals surface area contributed by atoms with Crippen LogP contribution >= 0.6 is 0 Å². The van der Waals surface area contributed by atoms with Crippen LogP contribution in [-0.2, 0) is 70.2 Å². The summed E-state index contributed by atoms with van der Waals surface area (Å²) >= 11 is 0. The van der Waals surface area contributed by atoms with Gasteiger partial charge < -0.3 is 29.9 Å². The number of nitrogens with zero attached hydrogens (tertiary/aromatic N) is 6. The first-order chi connectivity index (χ1) is 68.5. The van der Waals surface area contributed by atoms with Crippen molar-refractivity contribution in [2.75, 3.05) is 0 Å². The minimum absolute atomic E-state index is 0. The third kappa shape index (κ3) is 21.9. The van der Waals surface area contributed by atoms with E-state index in [2.05, 4.69) is 356 Å². The van der Waals surface area contributed by atoms with Gasteiger partial charge in [0.1, 0.15) is 24.2 Å². The molecule has 140 heavy (non-hydrogen) atoms. The van der Waals surface area contributed by atoms with Crippen LogP contribution in [0.3, 0.4) is 0 Å². The normalized spacial score (nSPS) is 13.4. The van der Waals surface area contributed by atoms with Gasteiger partial charge in [-0.1, -0.05) is 361 Å². The molecule has 0 spiro atoms. The summed E-state index contributed by atoms with van der Waals surface area (Å²) in [5.74, 6) is 0. The van der Waals surface area contributed by atoms with E-state index in [4.69, 9.17) is 23.2 Å². The van der Waals surface area contributed by atoms with Crippen molar-refractivity contribution in [1.29, 1.82) is 0 Å². The number of hydrogen-bond acceptors (Lipinski definition) is 8. The number of fused-ring (bicyclic) bond motifs is 9. The summed E-state index contributed by atoms with van der Waals surface area (Å²) in [6.45, 7) is 26.0. The van der Waals surface area contributed by atoms with Gasteiger partial charge >= 0.3 is 0 Å². The second kappa shape index (κ2) is 44.7. The zero-order valence-corrected chi connectivity index (χ0v) is 93.4. The predicted molar refractivity (Wildman–Crippen MR) is 585 cm³/mol. The molecular formula is C123H110Ir3N6O2SSi5-6. The van der Waals surface area contributed by atoms with Crippen LogP contribution < -0.4 is 57.1 Å². The minimum atomic E-state index is -3.47. The Morgan fingerprint density at radius 2 is 0.629 bits per heavy atom. The van der Waals surface area contributed by atoms with Gasteiger partial charge in [0.25, 0.3) is 0 Å². The zero-order chi connectivity index (χ0) is 101. The molecule has 0 bridgehead atoms. The first-order valence-corrected chi connectivity index (χ1v) is 62.1. The first kappa shape index (κ1) is 95.3. The molecule has 22 rings (SSSR count). The Morgan fingerprint density at radius 1 is 0.286 bits per heavy atom. The number of hydrogen-bond donors (Lipinski definition) is 0. The molecule has 3 radical (unpaired) electrons. The van der Waals surface area contributed by atoms with Crippen molar-refractivity contribution in [1.82, 2.24) is 29.9 Å². The molecule has 0 aliphatic carbocycles. The van der Waals surface area contributed by atoms with Gasteiger partial charge in [-0.2, -0.15) is 0 Å². The van der Waals surface area contributed by atoms with Crippen molar-refractivity contribution in [3.05, 3.63) is 465 Å². The van der Waals surface area contributed by atoms with Crippen molar-refractivity contribution in [2.24, 2.45) is 0 Å². The maximum Gasteiger partial charge on any atom is 0.173 e. The standard InChI is InChI=1S/C33H30NSi2.C28H28NSi2.C26H22NO2SSi.3C12H10N.3Ir/c1-24-21-30(34-23-33(24)35(2,3)4)25-19-20-32-29(22-25)28-17-11-12-18-31(28)36(32,26-13-7-5-8-14-26)27-15-9-6-10-16-27;1-20-17-25(29-19-28(20)30(2,3)22-11-7-6-8-12-22)21-15-16-27-24(18-21)23-13-9-10-14-26(23)31(27,4)5;1-18-15-23(27-17-26(18)31(2,3)20-9-5-4-6-10-20)19-13-14-25-22(16-19)21-11-7-8-12-24(21)30(25,28)29;3*1-10-7-8-12(13-9-10)11-5-3-2-4-6-11;;;/h5-18,20-23H,1-4H3;6-14,16-19H,1-5H3;4-12,14-17H,1-3H3;3*2-5,7-9H,1H3;;;/q6*-1;;;/i;;;2*1D3;;;;. The van der Waals surface area contributed by atoms with E-state index in [9.17, 15) is 8.42 Å². The molecule has 0 N–H and O–H groups in total. The largest absolute Gasteiger partial charge is 0.305 e. The molecule has 0 unspecified atom stereocenters.